The molecule has 0 unspecified atom stereocenters. The summed E-state index contributed by atoms with van der Waals surface area (Å²) in [5.41, 5.74) is 6.32. The van der Waals surface area contributed by atoms with Gasteiger partial charge in [0.15, 0.2) is 0 Å². The molecule has 1 aromatic heterocycles. The van der Waals surface area contributed by atoms with Crippen molar-refractivity contribution in [2.24, 2.45) is 0 Å². The van der Waals surface area contributed by atoms with Crippen LogP contribution in [0.5, 0.6) is 0 Å². The second kappa shape index (κ2) is 5.21. The Morgan fingerprint density at radius 2 is 1.43 bits per heavy atom. The predicted molar refractivity (Wildman–Crippen MR) is 86.0 cm³/mol. The summed E-state index contributed by atoms with van der Waals surface area (Å²) >= 11 is 0. The monoisotopic (exact) mass is 274 g/mol. The third-order valence-corrected chi connectivity index (χ3v) is 4.20. The second-order valence-electron chi connectivity index (χ2n) is 5.58. The number of hydrogen-bond donors (Lipinski definition) is 0. The topological polar surface area (TPSA) is 17.8 Å². The van der Waals surface area contributed by atoms with Gasteiger partial charge in [0.2, 0.25) is 0 Å². The molecule has 0 N–H and O–H groups in total. The molecule has 0 saturated carbocycles. The van der Waals surface area contributed by atoms with Crippen molar-refractivity contribution in [3.63, 3.8) is 0 Å². The van der Waals surface area contributed by atoms with Gasteiger partial charge in [0.25, 0.3) is 0 Å². The zero-order valence-corrected chi connectivity index (χ0v) is 12.0. The van der Waals surface area contributed by atoms with Crippen LogP contribution in [0.2, 0.25) is 0 Å². The Bertz CT molecular complexity index is 742. The van der Waals surface area contributed by atoms with E-state index in [4.69, 9.17) is 5.10 Å². The van der Waals surface area contributed by atoms with Crippen molar-refractivity contribution in [1.29, 1.82) is 0 Å². The Morgan fingerprint density at radius 1 is 0.762 bits per heavy atom. The van der Waals surface area contributed by atoms with Gasteiger partial charge in [-0.2, -0.15) is 5.10 Å². The molecule has 0 saturated heterocycles. The van der Waals surface area contributed by atoms with E-state index in [0.29, 0.717) is 0 Å². The van der Waals surface area contributed by atoms with Crippen molar-refractivity contribution < 1.29 is 0 Å². The summed E-state index contributed by atoms with van der Waals surface area (Å²) in [4.78, 5) is 0. The summed E-state index contributed by atoms with van der Waals surface area (Å²) in [7, 11) is 0. The van der Waals surface area contributed by atoms with Crippen molar-refractivity contribution in [2.75, 3.05) is 0 Å². The van der Waals surface area contributed by atoms with Crippen LogP contribution in [0.1, 0.15) is 18.5 Å². The zero-order valence-electron chi connectivity index (χ0n) is 12.0. The van der Waals surface area contributed by atoms with Crippen LogP contribution in [0.4, 0.5) is 0 Å². The summed E-state index contributed by atoms with van der Waals surface area (Å²) in [6.45, 7) is 1.04. The summed E-state index contributed by atoms with van der Waals surface area (Å²) in [5, 5.41) is 4.91. The van der Waals surface area contributed by atoms with Crippen LogP contribution in [0.25, 0.3) is 22.4 Å². The SMILES string of the molecule is c1ccc(-c2nn3c(c2-c2ccccc2)CCCC3)cc1. The Morgan fingerprint density at radius 3 is 2.14 bits per heavy atom. The molecule has 104 valence electrons. The lowest BCUT2D eigenvalue weighted by atomic mass is 9.96. The van der Waals surface area contributed by atoms with Gasteiger partial charge in [-0.1, -0.05) is 60.7 Å². The fraction of sp³-hybridized carbons (Fsp3) is 0.211. The number of aryl methyl sites for hydroxylation is 1. The number of hydrogen-bond acceptors (Lipinski definition) is 1. The standard InChI is InChI=1S/C19H18N2/c1-3-9-15(10-4-1)18-17-13-7-8-14-21(17)20-19(18)16-11-5-2-6-12-16/h1-6,9-12H,7-8,13-14H2. The van der Waals surface area contributed by atoms with Crippen molar-refractivity contribution in [2.45, 2.75) is 25.8 Å². The van der Waals surface area contributed by atoms with Gasteiger partial charge in [-0.25, -0.2) is 0 Å². The quantitative estimate of drug-likeness (QED) is 0.670. The number of fused-ring (bicyclic) bond motifs is 1. The van der Waals surface area contributed by atoms with Crippen molar-refractivity contribution in [3.05, 3.63) is 66.4 Å². The molecule has 2 heterocycles. The molecular formula is C19H18N2. The fourth-order valence-electron chi connectivity index (χ4n) is 3.20. The van der Waals surface area contributed by atoms with Crippen LogP contribution < -0.4 is 0 Å². The lowest BCUT2D eigenvalue weighted by molar-refractivity contribution is 0.487. The third kappa shape index (κ3) is 2.17. The van der Waals surface area contributed by atoms with E-state index in [-0.39, 0.29) is 0 Å². The van der Waals surface area contributed by atoms with Gasteiger partial charge in [-0.3, -0.25) is 4.68 Å². The van der Waals surface area contributed by atoms with Crippen LogP contribution in [0.15, 0.2) is 60.7 Å². The van der Waals surface area contributed by atoms with Crippen molar-refractivity contribution in [1.82, 2.24) is 9.78 Å². The van der Waals surface area contributed by atoms with Gasteiger partial charge in [0, 0.05) is 23.4 Å². The summed E-state index contributed by atoms with van der Waals surface area (Å²) in [6, 6.07) is 21.2. The van der Waals surface area contributed by atoms with Crippen LogP contribution in [-0.2, 0) is 13.0 Å². The van der Waals surface area contributed by atoms with Gasteiger partial charge >= 0.3 is 0 Å². The molecule has 0 bridgehead atoms. The Labute approximate surface area is 125 Å². The Hall–Kier alpha value is -2.35. The molecule has 21 heavy (non-hydrogen) atoms. The maximum atomic E-state index is 4.91. The molecule has 2 nitrogen and oxygen atoms in total. The first-order chi connectivity index (χ1) is 10.4. The summed E-state index contributed by atoms with van der Waals surface area (Å²) in [6.07, 6.45) is 3.63. The molecule has 3 aromatic rings. The highest BCUT2D eigenvalue weighted by molar-refractivity contribution is 5.82. The zero-order chi connectivity index (χ0) is 14.1. The first kappa shape index (κ1) is 12.4. The summed E-state index contributed by atoms with van der Waals surface area (Å²) < 4.78 is 2.22. The highest BCUT2D eigenvalue weighted by atomic mass is 15.3. The van der Waals surface area contributed by atoms with Crippen LogP contribution in [0, 0.1) is 0 Å². The van der Waals surface area contributed by atoms with E-state index in [1.807, 2.05) is 0 Å². The molecule has 0 aliphatic carbocycles. The minimum atomic E-state index is 1.04. The van der Waals surface area contributed by atoms with E-state index in [9.17, 15) is 0 Å². The van der Waals surface area contributed by atoms with Gasteiger partial charge in [-0.15, -0.1) is 0 Å². The Balaban J connectivity index is 1.96. The molecule has 2 heteroatoms. The van der Waals surface area contributed by atoms with E-state index in [1.165, 1.54) is 35.2 Å². The van der Waals surface area contributed by atoms with Crippen LogP contribution in [0.3, 0.4) is 0 Å². The van der Waals surface area contributed by atoms with E-state index < -0.39 is 0 Å². The lowest BCUT2D eigenvalue weighted by Gasteiger charge is -2.14. The van der Waals surface area contributed by atoms with E-state index in [0.717, 1.165) is 18.7 Å². The number of aromatic nitrogens is 2. The molecular weight excluding hydrogens is 256 g/mol. The van der Waals surface area contributed by atoms with Crippen LogP contribution in [-0.4, -0.2) is 9.78 Å². The van der Waals surface area contributed by atoms with E-state index in [2.05, 4.69) is 65.3 Å². The van der Waals surface area contributed by atoms with E-state index in [1.54, 1.807) is 0 Å². The molecule has 2 aromatic carbocycles. The average Bonchev–Trinajstić information content (AvgIpc) is 2.96. The first-order valence-corrected chi connectivity index (χ1v) is 7.64. The van der Waals surface area contributed by atoms with Crippen molar-refractivity contribution in [3.8, 4) is 22.4 Å². The minimum Gasteiger partial charge on any atom is -0.268 e. The normalized spacial score (nSPS) is 13.9. The molecule has 0 fully saturated rings. The highest BCUT2D eigenvalue weighted by Gasteiger charge is 2.22. The molecule has 1 aliphatic rings. The van der Waals surface area contributed by atoms with Gasteiger partial charge < -0.3 is 0 Å². The largest absolute Gasteiger partial charge is 0.268 e. The molecule has 0 spiro atoms. The van der Waals surface area contributed by atoms with Crippen LogP contribution >= 0.6 is 0 Å². The maximum absolute atomic E-state index is 4.91. The summed E-state index contributed by atoms with van der Waals surface area (Å²) in [5.74, 6) is 0. The van der Waals surface area contributed by atoms with Gasteiger partial charge in [0.1, 0.15) is 5.69 Å². The highest BCUT2D eigenvalue weighted by Crippen LogP contribution is 2.36. The fourth-order valence-corrected chi connectivity index (χ4v) is 3.20. The number of nitrogens with zero attached hydrogens (tertiary/aromatic N) is 2. The molecule has 0 atom stereocenters. The molecule has 0 radical (unpaired) electrons. The second-order valence-corrected chi connectivity index (χ2v) is 5.58. The number of rotatable bonds is 2. The van der Waals surface area contributed by atoms with Gasteiger partial charge in [0.05, 0.1) is 0 Å². The molecule has 0 amide bonds. The average molecular weight is 274 g/mol. The van der Waals surface area contributed by atoms with Crippen molar-refractivity contribution >= 4 is 0 Å². The first-order valence-electron chi connectivity index (χ1n) is 7.64. The predicted octanol–water partition coefficient (Wildman–Crippen LogP) is 4.55. The number of benzene rings is 2. The third-order valence-electron chi connectivity index (χ3n) is 4.20. The maximum Gasteiger partial charge on any atom is 0.100 e. The smallest absolute Gasteiger partial charge is 0.100 e. The minimum absolute atomic E-state index is 1.04. The van der Waals surface area contributed by atoms with E-state index >= 15 is 0 Å². The molecule has 1 aliphatic heterocycles. The lowest BCUT2D eigenvalue weighted by Crippen LogP contribution is -2.11. The molecule has 4 rings (SSSR count). The Kier molecular flexibility index (Phi) is 3.07. The van der Waals surface area contributed by atoms with Gasteiger partial charge in [-0.05, 0) is 24.8 Å².